The van der Waals surface area contributed by atoms with Crippen LogP contribution in [0.3, 0.4) is 0 Å². The molecule has 0 amide bonds. The van der Waals surface area contributed by atoms with Gasteiger partial charge in [-0.05, 0) is 18.3 Å². The zero-order chi connectivity index (χ0) is 9.59. The van der Waals surface area contributed by atoms with Crippen molar-refractivity contribution in [3.63, 3.8) is 0 Å². The predicted molar refractivity (Wildman–Crippen MR) is 71.6 cm³/mol. The van der Waals surface area contributed by atoms with Crippen molar-refractivity contribution in [1.82, 2.24) is 0 Å². The first-order valence-corrected chi connectivity index (χ1v) is 8.40. The van der Waals surface area contributed by atoms with Crippen molar-refractivity contribution in [3.05, 3.63) is 11.1 Å². The Labute approximate surface area is 112 Å². The van der Waals surface area contributed by atoms with Crippen LogP contribution in [0.25, 0.3) is 0 Å². The van der Waals surface area contributed by atoms with Gasteiger partial charge in [0.2, 0.25) is 0 Å². The lowest BCUT2D eigenvalue weighted by Crippen LogP contribution is -2.26. The summed E-state index contributed by atoms with van der Waals surface area (Å²) >= 11 is 14.7. The summed E-state index contributed by atoms with van der Waals surface area (Å²) in [4.78, 5) is 1.26. The van der Waals surface area contributed by atoms with Crippen molar-refractivity contribution >= 4 is 63.7 Å². The van der Waals surface area contributed by atoms with Crippen LogP contribution in [0.4, 0.5) is 0 Å². The van der Waals surface area contributed by atoms with Crippen molar-refractivity contribution in [2.45, 2.75) is 16.1 Å². The summed E-state index contributed by atoms with van der Waals surface area (Å²) in [7, 11) is 0. The van der Waals surface area contributed by atoms with Crippen LogP contribution in [-0.4, -0.2) is 20.3 Å². The fourth-order valence-electron chi connectivity index (χ4n) is 2.49. The molecule has 0 N–H and O–H groups in total. The number of rotatable bonds is 2. The highest BCUT2D eigenvalue weighted by molar-refractivity contribution is 9.12. The molecule has 0 spiro atoms. The number of hydrogen-bond donors (Lipinski definition) is 0. The molecule has 0 aliphatic heterocycles. The molecule has 2 aliphatic rings. The summed E-state index contributed by atoms with van der Waals surface area (Å²) < 4.78 is 0. The summed E-state index contributed by atoms with van der Waals surface area (Å²) in [5, 5.41) is 2.08. The van der Waals surface area contributed by atoms with E-state index in [1.807, 2.05) is 0 Å². The van der Waals surface area contributed by atoms with E-state index in [0.717, 1.165) is 22.5 Å². The van der Waals surface area contributed by atoms with Gasteiger partial charge in [0.05, 0.1) is 0 Å². The zero-order valence-electron chi connectivity index (χ0n) is 6.94. The third-order valence-corrected chi connectivity index (χ3v) is 7.51. The normalized spacial score (nSPS) is 43.4. The summed E-state index contributed by atoms with van der Waals surface area (Å²) in [5.41, 5.74) is 3.25. The maximum Gasteiger partial charge on any atom is 0.0342 e. The predicted octanol–water partition coefficient (Wildman–Crippen LogP) is 4.25. The van der Waals surface area contributed by atoms with Crippen LogP contribution in [0.2, 0.25) is 0 Å². The van der Waals surface area contributed by atoms with E-state index in [2.05, 4.69) is 63.7 Å². The number of hydrogen-bond acceptors (Lipinski definition) is 0. The molecule has 0 nitrogen and oxygen atoms in total. The highest BCUT2D eigenvalue weighted by Crippen LogP contribution is 2.54. The summed E-state index contributed by atoms with van der Waals surface area (Å²) in [6.07, 6.45) is 1.33. The van der Waals surface area contributed by atoms with Crippen LogP contribution < -0.4 is 0 Å². The molecule has 0 saturated heterocycles. The lowest BCUT2D eigenvalue weighted by Gasteiger charge is -2.26. The molecule has 1 saturated carbocycles. The third-order valence-electron chi connectivity index (χ3n) is 3.18. The average Bonchev–Trinajstić information content (AvgIpc) is 2.63. The number of halogens is 4. The third kappa shape index (κ3) is 1.64. The SMILES string of the molecule is BrCC1=C(CBr)[C@@H]2C[C@H]1[C@@H](Br)[C@H]2Br. The van der Waals surface area contributed by atoms with Gasteiger partial charge in [-0.15, -0.1) is 0 Å². The second-order valence-corrected chi connectivity index (χ2v) is 6.89. The summed E-state index contributed by atoms with van der Waals surface area (Å²) in [5.74, 6) is 1.50. The maximum atomic E-state index is 3.78. The van der Waals surface area contributed by atoms with E-state index in [1.54, 1.807) is 11.1 Å². The first-order chi connectivity index (χ1) is 6.20. The van der Waals surface area contributed by atoms with E-state index in [0.29, 0.717) is 9.65 Å². The van der Waals surface area contributed by atoms with Crippen molar-refractivity contribution in [1.29, 1.82) is 0 Å². The van der Waals surface area contributed by atoms with E-state index in [9.17, 15) is 0 Å². The van der Waals surface area contributed by atoms with Gasteiger partial charge >= 0.3 is 0 Å². The second kappa shape index (κ2) is 4.26. The smallest absolute Gasteiger partial charge is 0.0342 e. The Balaban J connectivity index is 2.33. The monoisotopic (exact) mass is 434 g/mol. The molecule has 2 aliphatic carbocycles. The van der Waals surface area contributed by atoms with E-state index >= 15 is 0 Å². The molecule has 4 heteroatoms. The minimum Gasteiger partial charge on any atom is -0.0880 e. The van der Waals surface area contributed by atoms with Gasteiger partial charge in [-0.3, -0.25) is 0 Å². The summed E-state index contributed by atoms with van der Waals surface area (Å²) in [6, 6.07) is 0. The van der Waals surface area contributed by atoms with Crippen LogP contribution in [0.5, 0.6) is 0 Å². The van der Waals surface area contributed by atoms with Gasteiger partial charge in [-0.25, -0.2) is 0 Å². The molecule has 2 bridgehead atoms. The lowest BCUT2D eigenvalue weighted by molar-refractivity contribution is 0.672. The standard InChI is InChI=1S/C9H10Br4/c10-2-6-4-1-5(7(6)3-11)9(13)8(4)12/h4-5,8-9H,1-3H2/t4-,5+,8-,9+. The molecule has 0 aromatic rings. The number of fused-ring (bicyclic) bond motifs is 2. The van der Waals surface area contributed by atoms with Crippen LogP contribution in [-0.2, 0) is 0 Å². The van der Waals surface area contributed by atoms with Crippen LogP contribution in [0.1, 0.15) is 6.42 Å². The van der Waals surface area contributed by atoms with Crippen LogP contribution in [0, 0.1) is 11.8 Å². The molecule has 0 aromatic heterocycles. The van der Waals surface area contributed by atoms with Gasteiger partial charge in [0.25, 0.3) is 0 Å². The van der Waals surface area contributed by atoms with Crippen LogP contribution >= 0.6 is 63.7 Å². The van der Waals surface area contributed by atoms with E-state index in [4.69, 9.17) is 0 Å². The molecule has 0 aromatic carbocycles. The molecule has 0 heterocycles. The Morgan fingerprint density at radius 1 is 0.923 bits per heavy atom. The van der Waals surface area contributed by atoms with Gasteiger partial charge in [0.1, 0.15) is 0 Å². The largest absolute Gasteiger partial charge is 0.0880 e. The van der Waals surface area contributed by atoms with E-state index in [1.165, 1.54) is 6.42 Å². The fraction of sp³-hybridized carbons (Fsp3) is 0.778. The topological polar surface area (TPSA) is 0 Å². The first-order valence-electron chi connectivity index (χ1n) is 4.32. The average molecular weight is 438 g/mol. The Bertz CT molecular complexity index is 224. The minimum atomic E-state index is 0.632. The molecular weight excluding hydrogens is 428 g/mol. The Morgan fingerprint density at radius 2 is 1.31 bits per heavy atom. The minimum absolute atomic E-state index is 0.632. The van der Waals surface area contributed by atoms with Crippen molar-refractivity contribution < 1.29 is 0 Å². The highest BCUT2D eigenvalue weighted by atomic mass is 79.9. The van der Waals surface area contributed by atoms with Gasteiger partial charge in [0, 0.05) is 20.3 Å². The van der Waals surface area contributed by atoms with Crippen molar-refractivity contribution in [2.24, 2.45) is 11.8 Å². The van der Waals surface area contributed by atoms with Gasteiger partial charge in [-0.1, -0.05) is 74.9 Å². The van der Waals surface area contributed by atoms with Gasteiger partial charge < -0.3 is 0 Å². The van der Waals surface area contributed by atoms with Gasteiger partial charge in [-0.2, -0.15) is 0 Å². The fourth-order valence-corrected chi connectivity index (χ4v) is 5.85. The molecule has 13 heavy (non-hydrogen) atoms. The molecule has 4 atom stereocenters. The Morgan fingerprint density at radius 3 is 1.62 bits per heavy atom. The zero-order valence-corrected chi connectivity index (χ0v) is 13.3. The Kier molecular flexibility index (Phi) is 3.66. The Hall–Kier alpha value is 1.66. The first kappa shape index (κ1) is 11.2. The van der Waals surface area contributed by atoms with Gasteiger partial charge in [0.15, 0.2) is 0 Å². The molecule has 74 valence electrons. The quantitative estimate of drug-likeness (QED) is 0.447. The van der Waals surface area contributed by atoms with Crippen molar-refractivity contribution in [2.75, 3.05) is 10.7 Å². The molecule has 0 radical (unpaired) electrons. The highest BCUT2D eigenvalue weighted by Gasteiger charge is 2.49. The van der Waals surface area contributed by atoms with Crippen LogP contribution in [0.15, 0.2) is 11.1 Å². The summed E-state index contributed by atoms with van der Waals surface area (Å²) in [6.45, 7) is 0. The molecular formula is C9H10Br4. The maximum absolute atomic E-state index is 3.78. The lowest BCUT2D eigenvalue weighted by atomic mass is 9.94. The van der Waals surface area contributed by atoms with Crippen molar-refractivity contribution in [3.8, 4) is 0 Å². The molecule has 2 rings (SSSR count). The second-order valence-electron chi connectivity index (χ2n) is 3.66. The molecule has 0 unspecified atom stereocenters. The number of alkyl halides is 4. The molecule has 1 fully saturated rings. The number of allylic oxidation sites excluding steroid dienone is 2. The van der Waals surface area contributed by atoms with E-state index in [-0.39, 0.29) is 0 Å². The van der Waals surface area contributed by atoms with E-state index < -0.39 is 0 Å².